The van der Waals surface area contributed by atoms with Crippen LogP contribution in [0.25, 0.3) is 0 Å². The summed E-state index contributed by atoms with van der Waals surface area (Å²) in [4.78, 5) is 11.2. The second-order valence-electron chi connectivity index (χ2n) is 4.13. The molecule has 1 rings (SSSR count). The molecule has 76 valence electrons. The van der Waals surface area contributed by atoms with Gasteiger partial charge in [0.25, 0.3) is 0 Å². The minimum absolute atomic E-state index is 0.151. The second kappa shape index (κ2) is 5.22. The number of carbonyl (C=O) groups is 1. The summed E-state index contributed by atoms with van der Waals surface area (Å²) in [6, 6.07) is 0. The van der Waals surface area contributed by atoms with Crippen molar-refractivity contribution in [1.82, 2.24) is 5.32 Å². The third kappa shape index (κ3) is 4.88. The van der Waals surface area contributed by atoms with Gasteiger partial charge in [-0.15, -0.1) is 0 Å². The van der Waals surface area contributed by atoms with Crippen molar-refractivity contribution in [3.05, 3.63) is 0 Å². The van der Waals surface area contributed by atoms with Crippen LogP contribution in [0.4, 0.5) is 0 Å². The first-order valence-corrected chi connectivity index (χ1v) is 5.19. The third-order valence-electron chi connectivity index (χ3n) is 2.51. The highest BCUT2D eigenvalue weighted by atomic mass is 16.1. The highest BCUT2D eigenvalue weighted by molar-refractivity contribution is 5.76. The van der Waals surface area contributed by atoms with Crippen molar-refractivity contribution in [2.24, 2.45) is 17.6 Å². The quantitative estimate of drug-likeness (QED) is 0.644. The summed E-state index contributed by atoms with van der Waals surface area (Å²) >= 11 is 0. The van der Waals surface area contributed by atoms with Crippen LogP contribution in [0.5, 0.6) is 0 Å². The zero-order chi connectivity index (χ0) is 9.68. The topological polar surface area (TPSA) is 55.1 Å². The molecule has 0 aliphatic heterocycles. The molecule has 0 radical (unpaired) electrons. The van der Waals surface area contributed by atoms with Gasteiger partial charge in [-0.2, -0.15) is 0 Å². The molecule has 0 aromatic rings. The van der Waals surface area contributed by atoms with E-state index in [1.165, 1.54) is 12.8 Å². The molecule has 1 aliphatic rings. The maximum Gasteiger partial charge on any atom is 0.220 e. The van der Waals surface area contributed by atoms with E-state index >= 15 is 0 Å². The molecule has 3 nitrogen and oxygen atoms in total. The molecule has 1 atom stereocenters. The van der Waals surface area contributed by atoms with E-state index in [2.05, 4.69) is 5.32 Å². The summed E-state index contributed by atoms with van der Waals surface area (Å²) in [5.74, 6) is 1.35. The molecule has 1 aliphatic carbocycles. The lowest BCUT2D eigenvalue weighted by atomic mass is 10.1. The van der Waals surface area contributed by atoms with Crippen LogP contribution in [-0.4, -0.2) is 19.0 Å². The van der Waals surface area contributed by atoms with Crippen molar-refractivity contribution >= 4 is 5.91 Å². The summed E-state index contributed by atoms with van der Waals surface area (Å²) in [6.45, 7) is 3.44. The molecule has 13 heavy (non-hydrogen) atoms. The predicted octanol–water partition coefficient (Wildman–Crippen LogP) is 0.888. The molecular formula is C10H20N2O. The van der Waals surface area contributed by atoms with Gasteiger partial charge in [-0.05, 0) is 24.8 Å². The average molecular weight is 184 g/mol. The standard InChI is InChI=1S/C10H20N2O/c1-8(7-11)6-10(13)12-5-4-9-2-3-9/h8-9H,2-7,11H2,1H3,(H,12,13). The van der Waals surface area contributed by atoms with Crippen LogP contribution in [0.2, 0.25) is 0 Å². The number of nitrogens with two attached hydrogens (primary N) is 1. The summed E-state index contributed by atoms with van der Waals surface area (Å²) in [6.07, 6.45) is 4.44. The van der Waals surface area contributed by atoms with Crippen molar-refractivity contribution < 1.29 is 4.79 Å². The van der Waals surface area contributed by atoms with E-state index < -0.39 is 0 Å². The Morgan fingerprint density at radius 1 is 1.62 bits per heavy atom. The van der Waals surface area contributed by atoms with Crippen LogP contribution in [0, 0.1) is 11.8 Å². The van der Waals surface area contributed by atoms with E-state index in [9.17, 15) is 4.79 Å². The Morgan fingerprint density at radius 2 is 2.31 bits per heavy atom. The van der Waals surface area contributed by atoms with Gasteiger partial charge in [0.15, 0.2) is 0 Å². The molecule has 0 aromatic carbocycles. The fourth-order valence-electron chi connectivity index (χ4n) is 1.29. The predicted molar refractivity (Wildman–Crippen MR) is 53.2 cm³/mol. The van der Waals surface area contributed by atoms with Gasteiger partial charge < -0.3 is 11.1 Å². The lowest BCUT2D eigenvalue weighted by molar-refractivity contribution is -0.121. The molecule has 3 heteroatoms. The lowest BCUT2D eigenvalue weighted by Crippen LogP contribution is -2.28. The van der Waals surface area contributed by atoms with E-state index in [4.69, 9.17) is 5.73 Å². The van der Waals surface area contributed by atoms with Crippen LogP contribution in [0.15, 0.2) is 0 Å². The first kappa shape index (κ1) is 10.5. The maximum atomic E-state index is 11.2. The van der Waals surface area contributed by atoms with E-state index in [0.29, 0.717) is 18.9 Å². The van der Waals surface area contributed by atoms with Gasteiger partial charge >= 0.3 is 0 Å². The Bertz CT molecular complexity index is 166. The maximum absolute atomic E-state index is 11.2. The van der Waals surface area contributed by atoms with E-state index in [1.54, 1.807) is 0 Å². The highest BCUT2D eigenvalue weighted by Gasteiger charge is 2.20. The number of carbonyl (C=O) groups excluding carboxylic acids is 1. The van der Waals surface area contributed by atoms with Gasteiger partial charge in [-0.1, -0.05) is 19.8 Å². The smallest absolute Gasteiger partial charge is 0.220 e. The largest absolute Gasteiger partial charge is 0.356 e. The molecule has 0 bridgehead atoms. The first-order valence-electron chi connectivity index (χ1n) is 5.19. The minimum atomic E-state index is 0.151. The monoisotopic (exact) mass is 184 g/mol. The molecule has 0 spiro atoms. The SMILES string of the molecule is CC(CN)CC(=O)NCCC1CC1. The molecule has 0 aromatic heterocycles. The van der Waals surface area contributed by atoms with Gasteiger partial charge in [-0.3, -0.25) is 4.79 Å². The Kier molecular flexibility index (Phi) is 4.22. The molecule has 0 saturated heterocycles. The van der Waals surface area contributed by atoms with E-state index in [-0.39, 0.29) is 5.91 Å². The first-order chi connectivity index (χ1) is 6.22. The highest BCUT2D eigenvalue weighted by Crippen LogP contribution is 2.31. The Morgan fingerprint density at radius 3 is 2.85 bits per heavy atom. The van der Waals surface area contributed by atoms with Crippen molar-refractivity contribution in [2.45, 2.75) is 32.6 Å². The number of rotatable bonds is 6. The summed E-state index contributed by atoms with van der Waals surface area (Å²) < 4.78 is 0. The molecule has 1 saturated carbocycles. The second-order valence-corrected chi connectivity index (χ2v) is 4.13. The van der Waals surface area contributed by atoms with Gasteiger partial charge in [-0.25, -0.2) is 0 Å². The summed E-state index contributed by atoms with van der Waals surface area (Å²) in [7, 11) is 0. The number of hydrogen-bond acceptors (Lipinski definition) is 2. The number of nitrogens with one attached hydrogen (secondary N) is 1. The zero-order valence-corrected chi connectivity index (χ0v) is 8.38. The molecule has 1 amide bonds. The molecule has 1 fully saturated rings. The number of amides is 1. The van der Waals surface area contributed by atoms with Crippen molar-refractivity contribution in [3.63, 3.8) is 0 Å². The van der Waals surface area contributed by atoms with Crippen molar-refractivity contribution in [3.8, 4) is 0 Å². The van der Waals surface area contributed by atoms with E-state index in [1.807, 2.05) is 6.92 Å². The normalized spacial score (nSPS) is 18.3. The van der Waals surface area contributed by atoms with Gasteiger partial charge in [0, 0.05) is 13.0 Å². The average Bonchev–Trinajstić information content (AvgIpc) is 2.88. The van der Waals surface area contributed by atoms with Gasteiger partial charge in [0.2, 0.25) is 5.91 Å². The Hall–Kier alpha value is -0.570. The Labute approximate surface area is 80.1 Å². The van der Waals surface area contributed by atoms with Crippen molar-refractivity contribution in [2.75, 3.05) is 13.1 Å². The van der Waals surface area contributed by atoms with Crippen LogP contribution in [0.1, 0.15) is 32.6 Å². The fraction of sp³-hybridized carbons (Fsp3) is 0.900. The molecular weight excluding hydrogens is 164 g/mol. The fourth-order valence-corrected chi connectivity index (χ4v) is 1.29. The van der Waals surface area contributed by atoms with Crippen LogP contribution < -0.4 is 11.1 Å². The zero-order valence-electron chi connectivity index (χ0n) is 8.38. The van der Waals surface area contributed by atoms with E-state index in [0.717, 1.165) is 18.9 Å². The lowest BCUT2D eigenvalue weighted by Gasteiger charge is -2.08. The van der Waals surface area contributed by atoms with Crippen LogP contribution in [-0.2, 0) is 4.79 Å². The Balaban J connectivity index is 1.96. The number of hydrogen-bond donors (Lipinski definition) is 2. The molecule has 0 heterocycles. The van der Waals surface area contributed by atoms with Gasteiger partial charge in [0.05, 0.1) is 0 Å². The van der Waals surface area contributed by atoms with Crippen LogP contribution in [0.3, 0.4) is 0 Å². The van der Waals surface area contributed by atoms with Crippen LogP contribution >= 0.6 is 0 Å². The van der Waals surface area contributed by atoms with Crippen molar-refractivity contribution in [1.29, 1.82) is 0 Å². The third-order valence-corrected chi connectivity index (χ3v) is 2.51. The molecule has 3 N–H and O–H groups in total. The summed E-state index contributed by atoms with van der Waals surface area (Å²) in [5.41, 5.74) is 5.43. The summed E-state index contributed by atoms with van der Waals surface area (Å²) in [5, 5.41) is 2.92. The molecule has 1 unspecified atom stereocenters. The van der Waals surface area contributed by atoms with Gasteiger partial charge in [0.1, 0.15) is 0 Å². The minimum Gasteiger partial charge on any atom is -0.356 e.